The number of nitrogens with zero attached hydrogens (tertiary/aromatic N) is 1. The van der Waals surface area contributed by atoms with E-state index >= 15 is 0 Å². The van der Waals surface area contributed by atoms with Crippen LogP contribution in [0, 0.1) is 0 Å². The Balaban J connectivity index is 2.91. The molecule has 1 heterocycles. The summed E-state index contributed by atoms with van der Waals surface area (Å²) in [4.78, 5) is 0. The molecule has 5 atom stereocenters. The predicted molar refractivity (Wildman–Crippen MR) is 61.2 cm³/mol. The highest BCUT2D eigenvalue weighted by Crippen LogP contribution is 2.27. The van der Waals surface area contributed by atoms with Crippen LogP contribution in [0.25, 0.3) is 0 Å². The van der Waals surface area contributed by atoms with Gasteiger partial charge in [-0.25, -0.2) is 0 Å². The van der Waals surface area contributed by atoms with Crippen molar-refractivity contribution in [3.63, 3.8) is 0 Å². The fourth-order valence-corrected chi connectivity index (χ4v) is 2.19. The minimum absolute atomic E-state index is 0.342. The minimum Gasteiger partial charge on any atom is -0.394 e. The Morgan fingerprint density at radius 2 is 1.76 bits per heavy atom. The van der Waals surface area contributed by atoms with E-state index in [2.05, 4.69) is 0 Å². The Morgan fingerprint density at radius 3 is 2.18 bits per heavy atom. The largest absolute Gasteiger partial charge is 0.394 e. The number of aliphatic hydroxyl groups is 3. The highest BCUT2D eigenvalue weighted by Gasteiger charge is 2.51. The van der Waals surface area contributed by atoms with Crippen LogP contribution in [-0.2, 0) is 9.47 Å². The predicted octanol–water partition coefficient (Wildman–Crippen LogP) is -1.46. The summed E-state index contributed by atoms with van der Waals surface area (Å²) in [6.45, 7) is 1.94. The third kappa shape index (κ3) is 3.15. The molecule has 1 saturated heterocycles. The second-order valence-electron chi connectivity index (χ2n) is 5.27. The molecule has 1 aliphatic rings. The van der Waals surface area contributed by atoms with Gasteiger partial charge in [-0.2, -0.15) is 0 Å². The monoisotopic (exact) mass is 250 g/mol. The highest BCUT2D eigenvalue weighted by molar-refractivity contribution is 4.89. The zero-order valence-corrected chi connectivity index (χ0v) is 10.9. The van der Waals surface area contributed by atoms with Gasteiger partial charge in [-0.15, -0.1) is 0 Å². The molecule has 0 aliphatic carbocycles. The smallest absolute Gasteiger partial charge is 0.213 e. The maximum atomic E-state index is 10.1. The maximum absolute atomic E-state index is 10.1. The van der Waals surface area contributed by atoms with Crippen LogP contribution < -0.4 is 0 Å². The van der Waals surface area contributed by atoms with Crippen LogP contribution in [0.3, 0.4) is 0 Å². The lowest BCUT2D eigenvalue weighted by molar-refractivity contribution is -0.910. The van der Waals surface area contributed by atoms with Gasteiger partial charge in [0.15, 0.2) is 6.04 Å². The second kappa shape index (κ2) is 5.60. The normalized spacial score (nSPS) is 39.4. The topological polar surface area (TPSA) is 79.2 Å². The summed E-state index contributed by atoms with van der Waals surface area (Å²) >= 11 is 0. The van der Waals surface area contributed by atoms with E-state index in [-0.39, 0.29) is 6.61 Å². The Bertz CT molecular complexity index is 243. The molecule has 6 heteroatoms. The first-order chi connectivity index (χ1) is 7.82. The van der Waals surface area contributed by atoms with E-state index in [1.807, 2.05) is 28.1 Å². The summed E-state index contributed by atoms with van der Waals surface area (Å²) in [5.74, 6) is 0. The van der Waals surface area contributed by atoms with E-state index in [1.165, 1.54) is 0 Å². The van der Waals surface area contributed by atoms with Crippen molar-refractivity contribution in [2.75, 3.05) is 34.4 Å². The number of ether oxygens (including phenoxy) is 2. The van der Waals surface area contributed by atoms with Gasteiger partial charge in [0.1, 0.15) is 18.3 Å². The van der Waals surface area contributed by atoms with Gasteiger partial charge in [0.25, 0.3) is 0 Å². The Kier molecular flexibility index (Phi) is 4.88. The highest BCUT2D eigenvalue weighted by atomic mass is 16.7. The van der Waals surface area contributed by atoms with Crippen molar-refractivity contribution in [2.24, 2.45) is 0 Å². The number of hydrogen-bond donors (Lipinski definition) is 3. The Morgan fingerprint density at radius 1 is 1.18 bits per heavy atom. The van der Waals surface area contributed by atoms with Crippen molar-refractivity contribution in [1.82, 2.24) is 0 Å². The number of quaternary nitrogens is 1. The SMILES string of the molecule is CCOC1OC(CO)C(O)C(O)C1[N+](C)(C)C. The average molecular weight is 250 g/mol. The molecule has 6 nitrogen and oxygen atoms in total. The van der Waals surface area contributed by atoms with Gasteiger partial charge >= 0.3 is 0 Å². The molecule has 0 aromatic rings. The van der Waals surface area contributed by atoms with Crippen molar-refractivity contribution in [3.8, 4) is 0 Å². The maximum Gasteiger partial charge on any atom is 0.213 e. The van der Waals surface area contributed by atoms with Crippen molar-refractivity contribution in [3.05, 3.63) is 0 Å². The molecule has 102 valence electrons. The molecule has 0 aromatic carbocycles. The number of hydrogen-bond acceptors (Lipinski definition) is 5. The summed E-state index contributed by atoms with van der Waals surface area (Å²) in [5, 5.41) is 29.1. The summed E-state index contributed by atoms with van der Waals surface area (Å²) < 4.78 is 11.4. The van der Waals surface area contributed by atoms with Crippen LogP contribution in [0.1, 0.15) is 6.92 Å². The molecule has 0 bridgehead atoms. The summed E-state index contributed by atoms with van der Waals surface area (Å²) in [7, 11) is 5.69. The van der Waals surface area contributed by atoms with E-state index in [1.54, 1.807) is 0 Å². The van der Waals surface area contributed by atoms with Gasteiger partial charge in [-0.3, -0.25) is 0 Å². The molecule has 17 heavy (non-hydrogen) atoms. The first-order valence-electron chi connectivity index (χ1n) is 5.88. The second-order valence-corrected chi connectivity index (χ2v) is 5.27. The van der Waals surface area contributed by atoms with Crippen LogP contribution in [0.2, 0.25) is 0 Å². The molecule has 0 aromatic heterocycles. The zero-order valence-electron chi connectivity index (χ0n) is 10.9. The molecule has 5 unspecified atom stereocenters. The lowest BCUT2D eigenvalue weighted by atomic mass is 9.95. The molecule has 0 amide bonds. The summed E-state index contributed by atoms with van der Waals surface area (Å²) in [5.41, 5.74) is 0. The Hall–Kier alpha value is -0.240. The number of aliphatic hydroxyl groups excluding tert-OH is 3. The standard InChI is InChI=1S/C11H24NO5/c1-5-16-11-8(12(2,3)4)10(15)9(14)7(6-13)17-11/h7-11,13-15H,5-6H2,1-4H3/q+1. The van der Waals surface area contributed by atoms with E-state index in [0.29, 0.717) is 11.1 Å². The average Bonchev–Trinajstić information content (AvgIpc) is 2.21. The molecule has 1 fully saturated rings. The van der Waals surface area contributed by atoms with E-state index in [9.17, 15) is 10.2 Å². The van der Waals surface area contributed by atoms with Crippen molar-refractivity contribution < 1.29 is 29.3 Å². The van der Waals surface area contributed by atoms with E-state index in [0.717, 1.165) is 0 Å². The third-order valence-corrected chi connectivity index (χ3v) is 3.07. The number of likely N-dealkylation sites (N-methyl/N-ethyl adjacent to an activating group) is 1. The first kappa shape index (κ1) is 14.8. The molecule has 0 saturated carbocycles. The van der Waals surface area contributed by atoms with E-state index in [4.69, 9.17) is 14.6 Å². The lowest BCUT2D eigenvalue weighted by Gasteiger charge is -2.47. The minimum atomic E-state index is -1.10. The van der Waals surface area contributed by atoms with Crippen LogP contribution in [0.15, 0.2) is 0 Å². The molecule has 3 N–H and O–H groups in total. The van der Waals surface area contributed by atoms with Crippen LogP contribution in [-0.4, -0.2) is 84.8 Å². The molecule has 1 aliphatic heterocycles. The molecule has 0 radical (unpaired) electrons. The van der Waals surface area contributed by atoms with Crippen LogP contribution in [0.4, 0.5) is 0 Å². The Labute approximate surface area is 102 Å². The van der Waals surface area contributed by atoms with Gasteiger partial charge in [-0.1, -0.05) is 0 Å². The molecule has 1 rings (SSSR count). The van der Waals surface area contributed by atoms with Crippen molar-refractivity contribution >= 4 is 0 Å². The van der Waals surface area contributed by atoms with Crippen LogP contribution >= 0.6 is 0 Å². The lowest BCUT2D eigenvalue weighted by Crippen LogP contribution is -2.68. The van der Waals surface area contributed by atoms with Gasteiger partial charge in [0.2, 0.25) is 6.29 Å². The zero-order chi connectivity index (χ0) is 13.2. The molecular weight excluding hydrogens is 226 g/mol. The van der Waals surface area contributed by atoms with Gasteiger partial charge in [0.05, 0.1) is 27.7 Å². The molecular formula is C11H24NO5+. The van der Waals surface area contributed by atoms with Crippen molar-refractivity contribution in [1.29, 1.82) is 0 Å². The first-order valence-corrected chi connectivity index (χ1v) is 5.88. The van der Waals surface area contributed by atoms with Crippen molar-refractivity contribution in [2.45, 2.75) is 37.6 Å². The third-order valence-electron chi connectivity index (χ3n) is 3.07. The molecule has 0 spiro atoms. The van der Waals surface area contributed by atoms with Gasteiger partial charge in [-0.05, 0) is 6.92 Å². The summed E-state index contributed by atoms with van der Waals surface area (Å²) in [6, 6.07) is -0.396. The quantitative estimate of drug-likeness (QED) is 0.531. The van der Waals surface area contributed by atoms with E-state index < -0.39 is 30.6 Å². The fraction of sp³-hybridized carbons (Fsp3) is 1.00. The van der Waals surface area contributed by atoms with Gasteiger partial charge in [0, 0.05) is 6.61 Å². The summed E-state index contributed by atoms with van der Waals surface area (Å²) in [6.07, 6.45) is -3.52. The fourth-order valence-electron chi connectivity index (χ4n) is 2.19. The van der Waals surface area contributed by atoms with Gasteiger partial charge < -0.3 is 29.3 Å². The number of rotatable bonds is 4. The van der Waals surface area contributed by atoms with Crippen LogP contribution in [0.5, 0.6) is 0 Å².